The number of hydrogen-bond acceptors (Lipinski definition) is 5. The fourth-order valence-corrected chi connectivity index (χ4v) is 2.83. The molecule has 1 fully saturated rings. The van der Waals surface area contributed by atoms with Gasteiger partial charge in [0.2, 0.25) is 0 Å². The molecule has 1 unspecified atom stereocenters. The zero-order chi connectivity index (χ0) is 18.3. The van der Waals surface area contributed by atoms with Crippen molar-refractivity contribution in [1.29, 1.82) is 0 Å². The average Bonchev–Trinajstić information content (AvgIpc) is 2.65. The lowest BCUT2D eigenvalue weighted by atomic mass is 10.2. The third-order valence-electron chi connectivity index (χ3n) is 4.52. The molecule has 1 heterocycles. The first-order chi connectivity index (χ1) is 12.2. The molecule has 0 amide bonds. The SMILES string of the molecule is CCNC(=NCC(C)N1CCN(CC)CC1)NCCCOCCOC.I. The van der Waals surface area contributed by atoms with Crippen molar-refractivity contribution < 1.29 is 9.47 Å². The average molecular weight is 485 g/mol. The number of aliphatic imine (C=N–C) groups is 1. The molecule has 1 aliphatic heterocycles. The third kappa shape index (κ3) is 11.5. The van der Waals surface area contributed by atoms with Gasteiger partial charge in [0.1, 0.15) is 0 Å². The van der Waals surface area contributed by atoms with E-state index in [1.54, 1.807) is 7.11 Å². The van der Waals surface area contributed by atoms with E-state index in [0.717, 1.165) is 58.3 Å². The Kier molecular flexibility index (Phi) is 16.9. The Morgan fingerprint density at radius 1 is 1.08 bits per heavy atom. The van der Waals surface area contributed by atoms with Crippen molar-refractivity contribution in [3.05, 3.63) is 0 Å². The van der Waals surface area contributed by atoms with Gasteiger partial charge in [0.05, 0.1) is 19.8 Å². The zero-order valence-electron chi connectivity index (χ0n) is 17.1. The molecule has 0 aliphatic carbocycles. The van der Waals surface area contributed by atoms with E-state index in [1.165, 1.54) is 13.1 Å². The molecule has 26 heavy (non-hydrogen) atoms. The van der Waals surface area contributed by atoms with E-state index in [4.69, 9.17) is 14.5 Å². The molecule has 0 aromatic heterocycles. The largest absolute Gasteiger partial charge is 0.382 e. The lowest BCUT2D eigenvalue weighted by Crippen LogP contribution is -2.50. The summed E-state index contributed by atoms with van der Waals surface area (Å²) in [5.74, 6) is 0.901. The van der Waals surface area contributed by atoms with Crippen molar-refractivity contribution >= 4 is 29.9 Å². The Morgan fingerprint density at radius 2 is 1.81 bits per heavy atom. The van der Waals surface area contributed by atoms with Gasteiger partial charge in [-0.2, -0.15) is 0 Å². The molecule has 0 aromatic rings. The van der Waals surface area contributed by atoms with Crippen LogP contribution in [-0.2, 0) is 9.47 Å². The Hall–Kier alpha value is -0.160. The van der Waals surface area contributed by atoms with Crippen LogP contribution in [0.15, 0.2) is 4.99 Å². The van der Waals surface area contributed by atoms with Crippen LogP contribution in [0.2, 0.25) is 0 Å². The number of guanidine groups is 1. The number of piperazine rings is 1. The highest BCUT2D eigenvalue weighted by Crippen LogP contribution is 2.06. The van der Waals surface area contributed by atoms with E-state index in [-0.39, 0.29) is 24.0 Å². The number of hydrogen-bond donors (Lipinski definition) is 2. The Balaban J connectivity index is 0.00000625. The van der Waals surface area contributed by atoms with Crippen molar-refractivity contribution in [1.82, 2.24) is 20.4 Å². The van der Waals surface area contributed by atoms with Gasteiger partial charge in [-0.25, -0.2) is 0 Å². The lowest BCUT2D eigenvalue weighted by Gasteiger charge is -2.37. The molecule has 0 aromatic carbocycles. The monoisotopic (exact) mass is 485 g/mol. The van der Waals surface area contributed by atoms with Gasteiger partial charge >= 0.3 is 0 Å². The van der Waals surface area contributed by atoms with Crippen molar-refractivity contribution in [2.24, 2.45) is 4.99 Å². The molecule has 1 aliphatic rings. The minimum absolute atomic E-state index is 0. The highest BCUT2D eigenvalue weighted by Gasteiger charge is 2.19. The molecule has 0 radical (unpaired) electrons. The van der Waals surface area contributed by atoms with E-state index < -0.39 is 0 Å². The van der Waals surface area contributed by atoms with Gasteiger partial charge in [0, 0.05) is 59.0 Å². The summed E-state index contributed by atoms with van der Waals surface area (Å²) in [7, 11) is 1.69. The van der Waals surface area contributed by atoms with E-state index >= 15 is 0 Å². The number of likely N-dealkylation sites (N-methyl/N-ethyl adjacent to an activating group) is 1. The predicted octanol–water partition coefficient (Wildman–Crippen LogP) is 1.24. The number of halogens is 1. The van der Waals surface area contributed by atoms with E-state index in [1.807, 2.05) is 0 Å². The van der Waals surface area contributed by atoms with Crippen molar-refractivity contribution in [3.63, 3.8) is 0 Å². The summed E-state index contributed by atoms with van der Waals surface area (Å²) >= 11 is 0. The maximum absolute atomic E-state index is 5.48. The van der Waals surface area contributed by atoms with Gasteiger partial charge in [0.25, 0.3) is 0 Å². The van der Waals surface area contributed by atoms with E-state index in [0.29, 0.717) is 19.3 Å². The summed E-state index contributed by atoms with van der Waals surface area (Å²) in [6.45, 7) is 17.0. The molecule has 0 saturated carbocycles. The summed E-state index contributed by atoms with van der Waals surface area (Å²) in [4.78, 5) is 9.80. The standard InChI is InChI=1S/C18H39N5O2.HI/c1-5-19-18(20-8-7-13-25-15-14-24-4)21-16-17(3)23-11-9-22(6-2)10-12-23;/h17H,5-16H2,1-4H3,(H2,19,20,21);1H. The van der Waals surface area contributed by atoms with Crippen LogP contribution in [0.25, 0.3) is 0 Å². The second kappa shape index (κ2) is 17.0. The van der Waals surface area contributed by atoms with Gasteiger partial charge < -0.3 is 25.0 Å². The van der Waals surface area contributed by atoms with Gasteiger partial charge in [-0.1, -0.05) is 6.92 Å². The summed E-state index contributed by atoms with van der Waals surface area (Å²) < 4.78 is 10.4. The highest BCUT2D eigenvalue weighted by molar-refractivity contribution is 14.0. The highest BCUT2D eigenvalue weighted by atomic mass is 127. The molecule has 1 rings (SSSR count). The fraction of sp³-hybridized carbons (Fsp3) is 0.944. The summed E-state index contributed by atoms with van der Waals surface area (Å²) in [6, 6.07) is 0.479. The maximum Gasteiger partial charge on any atom is 0.191 e. The van der Waals surface area contributed by atoms with Crippen LogP contribution in [0.1, 0.15) is 27.2 Å². The fourth-order valence-electron chi connectivity index (χ4n) is 2.83. The van der Waals surface area contributed by atoms with Crippen LogP contribution in [0.5, 0.6) is 0 Å². The molecule has 1 saturated heterocycles. The molecular weight excluding hydrogens is 445 g/mol. The van der Waals surface area contributed by atoms with Gasteiger partial charge in [-0.3, -0.25) is 9.89 Å². The maximum atomic E-state index is 5.48. The molecule has 1 atom stereocenters. The Morgan fingerprint density at radius 3 is 2.42 bits per heavy atom. The minimum Gasteiger partial charge on any atom is -0.382 e. The lowest BCUT2D eigenvalue weighted by molar-refractivity contribution is 0.0698. The van der Waals surface area contributed by atoms with Crippen LogP contribution in [0, 0.1) is 0 Å². The Labute approximate surface area is 177 Å². The number of rotatable bonds is 12. The van der Waals surface area contributed by atoms with Crippen molar-refractivity contribution in [2.45, 2.75) is 33.2 Å². The second-order valence-electron chi connectivity index (χ2n) is 6.42. The van der Waals surface area contributed by atoms with Gasteiger partial charge in [-0.15, -0.1) is 24.0 Å². The summed E-state index contributed by atoms with van der Waals surface area (Å²) in [5.41, 5.74) is 0. The smallest absolute Gasteiger partial charge is 0.191 e. The van der Waals surface area contributed by atoms with Crippen LogP contribution in [0.4, 0.5) is 0 Å². The van der Waals surface area contributed by atoms with E-state index in [9.17, 15) is 0 Å². The van der Waals surface area contributed by atoms with Crippen LogP contribution < -0.4 is 10.6 Å². The number of nitrogens with one attached hydrogen (secondary N) is 2. The van der Waals surface area contributed by atoms with Crippen molar-refractivity contribution in [2.75, 3.05) is 79.3 Å². The molecule has 7 nitrogen and oxygen atoms in total. The van der Waals surface area contributed by atoms with Crippen LogP contribution in [-0.4, -0.2) is 101 Å². The quantitative estimate of drug-likeness (QED) is 0.188. The first kappa shape index (κ1) is 25.8. The van der Waals surface area contributed by atoms with Crippen LogP contribution in [0.3, 0.4) is 0 Å². The summed E-state index contributed by atoms with van der Waals surface area (Å²) in [6.07, 6.45) is 0.961. The molecule has 0 spiro atoms. The number of ether oxygens (including phenoxy) is 2. The second-order valence-corrected chi connectivity index (χ2v) is 6.42. The molecule has 2 N–H and O–H groups in total. The predicted molar refractivity (Wildman–Crippen MR) is 120 cm³/mol. The minimum atomic E-state index is 0. The molecule has 0 bridgehead atoms. The van der Waals surface area contributed by atoms with Gasteiger partial charge in [0.15, 0.2) is 5.96 Å². The van der Waals surface area contributed by atoms with Gasteiger partial charge in [-0.05, 0) is 26.8 Å². The number of nitrogens with zero attached hydrogens (tertiary/aromatic N) is 3. The normalized spacial score (nSPS) is 17.6. The number of methoxy groups -OCH3 is 1. The molecule has 8 heteroatoms. The molecular formula is C18H40IN5O2. The summed E-state index contributed by atoms with van der Waals surface area (Å²) in [5, 5.41) is 6.71. The van der Waals surface area contributed by atoms with E-state index in [2.05, 4.69) is 41.2 Å². The topological polar surface area (TPSA) is 61.4 Å². The van der Waals surface area contributed by atoms with Crippen molar-refractivity contribution in [3.8, 4) is 0 Å². The first-order valence-corrected chi connectivity index (χ1v) is 9.76. The Bertz CT molecular complexity index is 352. The zero-order valence-corrected chi connectivity index (χ0v) is 19.5. The third-order valence-corrected chi connectivity index (χ3v) is 4.52. The van der Waals surface area contributed by atoms with Crippen LogP contribution >= 0.6 is 24.0 Å². The first-order valence-electron chi connectivity index (χ1n) is 9.76. The molecule has 156 valence electrons.